The van der Waals surface area contributed by atoms with Crippen LogP contribution in [0.15, 0.2) is 24.3 Å². The highest BCUT2D eigenvalue weighted by atomic mass is 16.5. The molecule has 1 heterocycles. The fraction of sp³-hybridized carbons (Fsp3) is 0.533. The number of Topliss-reactive ketones (excluding diaryl/α,β-unsaturated/α-hetero) is 1. The molecule has 0 spiro atoms. The number of ketones is 1. The Morgan fingerprint density at radius 1 is 1.24 bits per heavy atom. The molecule has 17 heavy (non-hydrogen) atoms. The molecule has 92 valence electrons. The van der Waals surface area contributed by atoms with Gasteiger partial charge in [-0.25, -0.2) is 0 Å². The van der Waals surface area contributed by atoms with Crippen molar-refractivity contribution in [3.63, 3.8) is 0 Å². The summed E-state index contributed by atoms with van der Waals surface area (Å²) < 4.78 is 5.59. The average molecular weight is 232 g/mol. The van der Waals surface area contributed by atoms with E-state index in [9.17, 15) is 4.79 Å². The maximum Gasteiger partial charge on any atom is 0.165 e. The molecule has 2 rings (SSSR count). The second kappa shape index (κ2) is 5.46. The minimum absolute atomic E-state index is 0.171. The first-order valence-corrected chi connectivity index (χ1v) is 6.45. The van der Waals surface area contributed by atoms with Crippen molar-refractivity contribution in [2.24, 2.45) is 0 Å². The Morgan fingerprint density at radius 2 is 1.88 bits per heavy atom. The van der Waals surface area contributed by atoms with Crippen LogP contribution in [0.25, 0.3) is 0 Å². The predicted octanol–water partition coefficient (Wildman–Crippen LogP) is 2.93. The van der Waals surface area contributed by atoms with Crippen LogP contribution >= 0.6 is 0 Å². The highest BCUT2D eigenvalue weighted by Gasteiger charge is 2.27. The molecule has 0 amide bonds. The number of ether oxygens (including phenoxy) is 1. The summed E-state index contributed by atoms with van der Waals surface area (Å²) >= 11 is 0. The van der Waals surface area contributed by atoms with Gasteiger partial charge in [0.05, 0.1) is 6.10 Å². The first-order chi connectivity index (χ1) is 8.19. The number of carbonyl (C=O) groups is 1. The number of hydrogen-bond acceptors (Lipinski definition) is 2. The molecule has 1 fully saturated rings. The van der Waals surface area contributed by atoms with Gasteiger partial charge < -0.3 is 4.74 Å². The van der Waals surface area contributed by atoms with Crippen molar-refractivity contribution in [1.82, 2.24) is 0 Å². The van der Waals surface area contributed by atoms with Gasteiger partial charge in [0.1, 0.15) is 6.10 Å². The highest BCUT2D eigenvalue weighted by Crippen LogP contribution is 2.21. The van der Waals surface area contributed by atoms with E-state index < -0.39 is 0 Å². The van der Waals surface area contributed by atoms with Gasteiger partial charge in [-0.2, -0.15) is 0 Å². The maximum absolute atomic E-state index is 12.0. The zero-order valence-electron chi connectivity index (χ0n) is 10.6. The molecular formula is C15H20O2. The molecule has 1 aromatic rings. The van der Waals surface area contributed by atoms with Gasteiger partial charge in [-0.15, -0.1) is 0 Å². The van der Waals surface area contributed by atoms with E-state index in [1.165, 1.54) is 5.56 Å². The summed E-state index contributed by atoms with van der Waals surface area (Å²) in [6.45, 7) is 4.16. The van der Waals surface area contributed by atoms with Crippen molar-refractivity contribution >= 4 is 5.78 Å². The summed E-state index contributed by atoms with van der Waals surface area (Å²) in [5, 5.41) is 0. The van der Waals surface area contributed by atoms with Gasteiger partial charge >= 0.3 is 0 Å². The van der Waals surface area contributed by atoms with Gasteiger partial charge in [0.2, 0.25) is 0 Å². The van der Waals surface area contributed by atoms with E-state index in [-0.39, 0.29) is 18.0 Å². The van der Waals surface area contributed by atoms with Gasteiger partial charge in [-0.1, -0.05) is 31.2 Å². The molecule has 1 aromatic carbocycles. The number of hydrogen-bond donors (Lipinski definition) is 0. The van der Waals surface area contributed by atoms with Crippen LogP contribution in [0, 0.1) is 0 Å². The quantitative estimate of drug-likeness (QED) is 0.798. The number of rotatable bonds is 4. The Labute approximate surface area is 103 Å². The summed E-state index contributed by atoms with van der Waals surface area (Å²) in [7, 11) is 0. The summed E-state index contributed by atoms with van der Waals surface area (Å²) in [5.74, 6) is 0.221. The summed E-state index contributed by atoms with van der Waals surface area (Å²) in [5.41, 5.74) is 2.40. The third-order valence-corrected chi connectivity index (χ3v) is 3.40. The molecule has 0 radical (unpaired) electrons. The van der Waals surface area contributed by atoms with Crippen LogP contribution in [0.2, 0.25) is 0 Å². The molecule has 2 atom stereocenters. The Morgan fingerprint density at radius 3 is 2.41 bits per heavy atom. The number of carbonyl (C=O) groups excluding carboxylic acids is 1. The molecule has 2 heteroatoms. The van der Waals surface area contributed by atoms with Crippen molar-refractivity contribution < 1.29 is 9.53 Å². The van der Waals surface area contributed by atoms with E-state index in [2.05, 4.69) is 31.2 Å². The van der Waals surface area contributed by atoms with Crippen LogP contribution in [0.5, 0.6) is 0 Å². The zero-order chi connectivity index (χ0) is 12.3. The minimum Gasteiger partial charge on any atom is -0.367 e. The Bertz CT molecular complexity index is 380. The molecular weight excluding hydrogens is 212 g/mol. The van der Waals surface area contributed by atoms with E-state index in [0.717, 1.165) is 24.8 Å². The lowest BCUT2D eigenvalue weighted by Gasteiger charge is -2.10. The number of benzene rings is 1. The third-order valence-electron chi connectivity index (χ3n) is 3.40. The maximum atomic E-state index is 12.0. The Hall–Kier alpha value is -1.15. The van der Waals surface area contributed by atoms with Crippen molar-refractivity contribution in [3.8, 4) is 0 Å². The number of aryl methyl sites for hydroxylation is 1. The second-order valence-corrected chi connectivity index (χ2v) is 4.83. The fourth-order valence-electron chi connectivity index (χ4n) is 2.25. The molecule has 0 aromatic heterocycles. The molecule has 1 saturated heterocycles. The van der Waals surface area contributed by atoms with Crippen molar-refractivity contribution in [2.45, 2.75) is 51.7 Å². The molecule has 0 bridgehead atoms. The monoisotopic (exact) mass is 232 g/mol. The topological polar surface area (TPSA) is 26.3 Å². The van der Waals surface area contributed by atoms with Crippen LogP contribution in [0.4, 0.5) is 0 Å². The van der Waals surface area contributed by atoms with Gasteiger partial charge in [0, 0.05) is 6.42 Å². The molecule has 2 nitrogen and oxygen atoms in total. The predicted molar refractivity (Wildman–Crippen MR) is 68.1 cm³/mol. The van der Waals surface area contributed by atoms with Crippen LogP contribution < -0.4 is 0 Å². The minimum atomic E-state index is -0.171. The Kier molecular flexibility index (Phi) is 3.95. The SMILES string of the molecule is CCc1ccc(CC(=O)C2CCC(C)O2)cc1. The average Bonchev–Trinajstić information content (AvgIpc) is 2.77. The molecule has 2 unspecified atom stereocenters. The molecule has 0 saturated carbocycles. The summed E-state index contributed by atoms with van der Waals surface area (Å²) in [6.07, 6.45) is 3.50. The Balaban J connectivity index is 1.93. The first kappa shape index (κ1) is 12.3. The summed E-state index contributed by atoms with van der Waals surface area (Å²) in [6, 6.07) is 8.30. The molecule has 1 aliphatic rings. The van der Waals surface area contributed by atoms with E-state index in [0.29, 0.717) is 6.42 Å². The van der Waals surface area contributed by atoms with Crippen LogP contribution in [-0.2, 0) is 22.4 Å². The lowest BCUT2D eigenvalue weighted by molar-refractivity contribution is -0.128. The fourth-order valence-corrected chi connectivity index (χ4v) is 2.25. The van der Waals surface area contributed by atoms with Gasteiger partial charge in [0.15, 0.2) is 5.78 Å². The molecule has 0 N–H and O–H groups in total. The zero-order valence-corrected chi connectivity index (χ0v) is 10.6. The van der Waals surface area contributed by atoms with Crippen molar-refractivity contribution in [3.05, 3.63) is 35.4 Å². The van der Waals surface area contributed by atoms with Crippen LogP contribution in [-0.4, -0.2) is 18.0 Å². The lowest BCUT2D eigenvalue weighted by atomic mass is 10.0. The third kappa shape index (κ3) is 3.16. The van der Waals surface area contributed by atoms with E-state index >= 15 is 0 Å². The van der Waals surface area contributed by atoms with E-state index in [4.69, 9.17) is 4.74 Å². The highest BCUT2D eigenvalue weighted by molar-refractivity contribution is 5.85. The van der Waals surface area contributed by atoms with Crippen LogP contribution in [0.3, 0.4) is 0 Å². The van der Waals surface area contributed by atoms with Gasteiger partial charge in [-0.3, -0.25) is 4.79 Å². The van der Waals surface area contributed by atoms with E-state index in [1.54, 1.807) is 0 Å². The van der Waals surface area contributed by atoms with Crippen LogP contribution in [0.1, 0.15) is 37.8 Å². The van der Waals surface area contributed by atoms with Crippen molar-refractivity contribution in [1.29, 1.82) is 0 Å². The summed E-state index contributed by atoms with van der Waals surface area (Å²) in [4.78, 5) is 12.0. The molecule has 1 aliphatic heterocycles. The lowest BCUT2D eigenvalue weighted by Crippen LogP contribution is -2.22. The van der Waals surface area contributed by atoms with Crippen molar-refractivity contribution in [2.75, 3.05) is 0 Å². The smallest absolute Gasteiger partial charge is 0.165 e. The first-order valence-electron chi connectivity index (χ1n) is 6.45. The molecule has 0 aliphatic carbocycles. The van der Waals surface area contributed by atoms with E-state index in [1.807, 2.05) is 6.92 Å². The normalized spacial score (nSPS) is 23.9. The largest absolute Gasteiger partial charge is 0.367 e. The standard InChI is InChI=1S/C15H20O2/c1-3-12-5-7-13(8-6-12)10-14(16)15-9-4-11(2)17-15/h5-8,11,15H,3-4,9-10H2,1-2H3. The van der Waals surface area contributed by atoms with Gasteiger partial charge in [-0.05, 0) is 37.3 Å². The van der Waals surface area contributed by atoms with Gasteiger partial charge in [0.25, 0.3) is 0 Å². The second-order valence-electron chi connectivity index (χ2n) is 4.83.